The van der Waals surface area contributed by atoms with Gasteiger partial charge in [0.25, 0.3) is 5.91 Å². The Kier molecular flexibility index (Phi) is 7.89. The van der Waals surface area contributed by atoms with Crippen LogP contribution in [0.5, 0.6) is 5.75 Å². The monoisotopic (exact) mass is 453 g/mol. The molecular weight excluding hydrogens is 425 g/mol. The van der Waals surface area contributed by atoms with Crippen molar-refractivity contribution in [3.05, 3.63) is 59.2 Å². The van der Waals surface area contributed by atoms with Crippen molar-refractivity contribution in [2.45, 2.75) is 13.8 Å². The lowest BCUT2D eigenvalue weighted by Crippen LogP contribution is -2.48. The predicted molar refractivity (Wildman–Crippen MR) is 123 cm³/mol. The van der Waals surface area contributed by atoms with E-state index in [-0.39, 0.29) is 24.5 Å². The maximum absolute atomic E-state index is 12.7. The molecule has 0 unspecified atom stereocenters. The van der Waals surface area contributed by atoms with Gasteiger partial charge in [0.1, 0.15) is 12.4 Å². The molecule has 1 fully saturated rings. The minimum absolute atomic E-state index is 0.0929. The Morgan fingerprint density at radius 1 is 1.15 bits per heavy atom. The summed E-state index contributed by atoms with van der Waals surface area (Å²) in [6.45, 7) is 5.55. The fourth-order valence-electron chi connectivity index (χ4n) is 3.37. The smallest absolute Gasteiger partial charge is 0.492 e. The van der Waals surface area contributed by atoms with Gasteiger partial charge in [0, 0.05) is 36.7 Å². The van der Waals surface area contributed by atoms with E-state index in [1.165, 1.54) is 12.0 Å². The molecule has 0 bridgehead atoms. The molecule has 0 N–H and O–H groups in total. The Morgan fingerprint density at radius 2 is 1.85 bits per heavy atom. The highest BCUT2D eigenvalue weighted by atomic mass is 16.6. The average Bonchev–Trinajstić information content (AvgIpc) is 2.83. The van der Waals surface area contributed by atoms with Crippen molar-refractivity contribution in [1.82, 2.24) is 4.90 Å². The van der Waals surface area contributed by atoms with Crippen LogP contribution in [-0.4, -0.2) is 70.7 Å². The zero-order chi connectivity index (χ0) is 24.0. The van der Waals surface area contributed by atoms with Gasteiger partial charge in [0.2, 0.25) is 0 Å². The first-order chi connectivity index (χ1) is 15.8. The summed E-state index contributed by atoms with van der Waals surface area (Å²) in [5, 5.41) is 0. The topological polar surface area (TPSA) is 91.4 Å². The molecular formula is C24H28BNO7. The third kappa shape index (κ3) is 6.00. The van der Waals surface area contributed by atoms with Crippen molar-refractivity contribution in [1.29, 1.82) is 0 Å². The van der Waals surface area contributed by atoms with E-state index in [9.17, 15) is 14.4 Å². The summed E-state index contributed by atoms with van der Waals surface area (Å²) >= 11 is 0. The van der Waals surface area contributed by atoms with Crippen LogP contribution in [0.15, 0.2) is 42.5 Å². The second kappa shape index (κ2) is 10.6. The predicted octanol–water partition coefficient (Wildman–Crippen LogP) is 2.20. The Labute approximate surface area is 193 Å². The summed E-state index contributed by atoms with van der Waals surface area (Å²) < 4.78 is 22.5. The third-order valence-corrected chi connectivity index (χ3v) is 5.29. The molecule has 3 rings (SSSR count). The van der Waals surface area contributed by atoms with Crippen LogP contribution >= 0.6 is 0 Å². The molecule has 9 heteroatoms. The number of amides is 1. The Hall–Kier alpha value is -3.17. The molecule has 174 valence electrons. The summed E-state index contributed by atoms with van der Waals surface area (Å²) in [5.41, 5.74) is 1.55. The van der Waals surface area contributed by atoms with Gasteiger partial charge in [-0.15, -0.1) is 0 Å². The lowest BCUT2D eigenvalue weighted by molar-refractivity contribution is 0.0340. The zero-order valence-corrected chi connectivity index (χ0v) is 19.3. The van der Waals surface area contributed by atoms with Gasteiger partial charge in [-0.05, 0) is 18.2 Å². The minimum atomic E-state index is -0.626. The van der Waals surface area contributed by atoms with E-state index in [2.05, 4.69) is 13.8 Å². The number of carbonyl (C=O) groups excluding carboxylic acids is 3. The number of benzene rings is 2. The second-order valence-corrected chi connectivity index (χ2v) is 8.64. The van der Waals surface area contributed by atoms with E-state index in [1.807, 2.05) is 0 Å². The molecule has 0 radical (unpaired) electrons. The van der Waals surface area contributed by atoms with Gasteiger partial charge in [-0.1, -0.05) is 38.1 Å². The Balaban J connectivity index is 1.72. The summed E-state index contributed by atoms with van der Waals surface area (Å²) in [6, 6.07) is 11.6. The van der Waals surface area contributed by atoms with E-state index in [4.69, 9.17) is 18.8 Å². The number of methoxy groups -OCH3 is 1. The van der Waals surface area contributed by atoms with Crippen LogP contribution < -0.4 is 10.2 Å². The highest BCUT2D eigenvalue weighted by Gasteiger charge is 2.35. The fraction of sp³-hybridized carbons (Fsp3) is 0.375. The SMILES string of the molecule is COC(=O)c1ccc(B2OCC(C)(C)CO2)c(OCCN(C)C(=O)c2ccccc2C=O)c1. The van der Waals surface area contributed by atoms with E-state index in [0.717, 1.165) is 0 Å². The molecule has 1 aliphatic heterocycles. The van der Waals surface area contributed by atoms with Crippen LogP contribution in [0.25, 0.3) is 0 Å². The molecule has 1 heterocycles. The van der Waals surface area contributed by atoms with Crippen molar-refractivity contribution >= 4 is 30.7 Å². The molecule has 0 atom stereocenters. The van der Waals surface area contributed by atoms with E-state index in [0.29, 0.717) is 47.4 Å². The number of hydrogen-bond acceptors (Lipinski definition) is 7. The number of carbonyl (C=O) groups is 3. The molecule has 1 aliphatic rings. The summed E-state index contributed by atoms with van der Waals surface area (Å²) in [7, 11) is 2.32. The minimum Gasteiger partial charge on any atom is -0.492 e. The number of likely N-dealkylation sites (N-methyl/N-ethyl adjacent to an activating group) is 1. The number of esters is 1. The molecule has 1 amide bonds. The molecule has 8 nitrogen and oxygen atoms in total. The molecule has 2 aromatic carbocycles. The van der Waals surface area contributed by atoms with Gasteiger partial charge < -0.3 is 23.7 Å². The van der Waals surface area contributed by atoms with Gasteiger partial charge in [0.05, 0.1) is 24.8 Å². The lowest BCUT2D eigenvalue weighted by Gasteiger charge is -2.33. The van der Waals surface area contributed by atoms with Crippen LogP contribution in [0.1, 0.15) is 44.9 Å². The zero-order valence-electron chi connectivity index (χ0n) is 19.3. The first kappa shape index (κ1) is 24.5. The highest BCUT2D eigenvalue weighted by molar-refractivity contribution is 6.62. The van der Waals surface area contributed by atoms with Crippen LogP contribution in [0.4, 0.5) is 0 Å². The molecule has 1 saturated heterocycles. The van der Waals surface area contributed by atoms with E-state index < -0.39 is 13.1 Å². The van der Waals surface area contributed by atoms with E-state index in [1.54, 1.807) is 49.5 Å². The number of rotatable bonds is 8. The molecule has 0 aliphatic carbocycles. The summed E-state index contributed by atoms with van der Waals surface area (Å²) in [5.74, 6) is -0.362. The van der Waals surface area contributed by atoms with Gasteiger partial charge in [0.15, 0.2) is 6.29 Å². The normalized spacial score (nSPS) is 15.0. The van der Waals surface area contributed by atoms with Crippen LogP contribution in [0.3, 0.4) is 0 Å². The number of hydrogen-bond donors (Lipinski definition) is 0. The van der Waals surface area contributed by atoms with Gasteiger partial charge >= 0.3 is 13.1 Å². The van der Waals surface area contributed by atoms with Crippen molar-refractivity contribution in [3.8, 4) is 5.75 Å². The van der Waals surface area contributed by atoms with Crippen molar-refractivity contribution in [2.75, 3.05) is 40.5 Å². The standard InChI is InChI=1S/C24H28BNO7/c1-24(2)15-32-25(33-16-24)20-10-9-17(23(29)30-4)13-21(20)31-12-11-26(3)22(28)19-8-6-5-7-18(19)14-27/h5-10,13-14H,11-12,15-16H2,1-4H3. The molecule has 0 spiro atoms. The molecule has 2 aromatic rings. The maximum Gasteiger partial charge on any atom is 0.497 e. The van der Waals surface area contributed by atoms with Crippen molar-refractivity contribution < 1.29 is 33.2 Å². The third-order valence-electron chi connectivity index (χ3n) is 5.29. The quantitative estimate of drug-likeness (QED) is 0.344. The van der Waals surface area contributed by atoms with Crippen molar-refractivity contribution in [2.24, 2.45) is 5.41 Å². The van der Waals surface area contributed by atoms with Crippen LogP contribution in [0.2, 0.25) is 0 Å². The molecule has 0 aromatic heterocycles. The van der Waals surface area contributed by atoms with Crippen LogP contribution in [-0.2, 0) is 14.0 Å². The first-order valence-electron chi connectivity index (χ1n) is 10.6. The highest BCUT2D eigenvalue weighted by Crippen LogP contribution is 2.23. The maximum atomic E-state index is 12.7. The largest absolute Gasteiger partial charge is 0.497 e. The second-order valence-electron chi connectivity index (χ2n) is 8.64. The van der Waals surface area contributed by atoms with Gasteiger partial charge in [-0.25, -0.2) is 4.79 Å². The average molecular weight is 453 g/mol. The van der Waals surface area contributed by atoms with Gasteiger partial charge in [-0.2, -0.15) is 0 Å². The summed E-state index contributed by atoms with van der Waals surface area (Å²) in [6.07, 6.45) is 0.660. The molecule has 0 saturated carbocycles. The van der Waals surface area contributed by atoms with Crippen LogP contribution in [0, 0.1) is 5.41 Å². The Bertz CT molecular complexity index is 1010. The Morgan fingerprint density at radius 3 is 2.52 bits per heavy atom. The molecule has 33 heavy (non-hydrogen) atoms. The fourth-order valence-corrected chi connectivity index (χ4v) is 3.37. The van der Waals surface area contributed by atoms with E-state index >= 15 is 0 Å². The first-order valence-corrected chi connectivity index (χ1v) is 10.6. The lowest BCUT2D eigenvalue weighted by atomic mass is 9.75. The number of nitrogens with zero attached hydrogens (tertiary/aromatic N) is 1. The number of aldehydes is 1. The van der Waals surface area contributed by atoms with Gasteiger partial charge in [-0.3, -0.25) is 9.59 Å². The summed E-state index contributed by atoms with van der Waals surface area (Å²) in [4.78, 5) is 37.5. The van der Waals surface area contributed by atoms with Crippen molar-refractivity contribution in [3.63, 3.8) is 0 Å². The number of ether oxygens (including phenoxy) is 2.